The van der Waals surface area contributed by atoms with E-state index in [0.717, 1.165) is 11.3 Å². The van der Waals surface area contributed by atoms with Crippen molar-refractivity contribution in [2.24, 2.45) is 5.92 Å². The lowest BCUT2D eigenvalue weighted by Crippen LogP contribution is -2.65. The van der Waals surface area contributed by atoms with Gasteiger partial charge in [0.05, 0.1) is 31.9 Å². The number of esters is 1. The fourth-order valence-corrected chi connectivity index (χ4v) is 7.82. The predicted molar refractivity (Wildman–Crippen MR) is 192 cm³/mol. The molecule has 0 radical (unpaired) electrons. The third-order valence-electron chi connectivity index (χ3n) is 10.4. The number of methoxy groups -OCH3 is 1. The van der Waals surface area contributed by atoms with Crippen molar-refractivity contribution in [1.82, 2.24) is 20.5 Å². The van der Waals surface area contributed by atoms with Crippen LogP contribution in [-0.4, -0.2) is 88.0 Å². The molecule has 1 aromatic carbocycles. The van der Waals surface area contributed by atoms with Crippen LogP contribution in [0.4, 0.5) is 18.0 Å². The van der Waals surface area contributed by atoms with Crippen LogP contribution < -0.4 is 20.1 Å². The minimum Gasteiger partial charge on any atom is -0.497 e. The normalized spacial score (nSPS) is 28.4. The minimum absolute atomic E-state index is 0.0250. The first-order valence-corrected chi connectivity index (χ1v) is 18.5. The molecule has 0 saturated carbocycles. The number of nitrogens with one attached hydrogen (secondary N) is 2. The quantitative estimate of drug-likeness (QED) is 0.270. The molecule has 2 aromatic rings. The molecule has 4 aliphatic rings. The van der Waals surface area contributed by atoms with Gasteiger partial charge in [-0.15, -0.1) is 0 Å². The molecule has 16 heteroatoms. The van der Waals surface area contributed by atoms with Crippen LogP contribution >= 0.6 is 0 Å². The molecule has 1 aromatic heterocycles. The van der Waals surface area contributed by atoms with Crippen LogP contribution in [0.25, 0.3) is 10.9 Å². The maximum absolute atomic E-state index is 14.7. The molecule has 1 aliphatic carbocycles. The Hall–Kier alpha value is -4.86. The number of rotatable bonds is 4. The van der Waals surface area contributed by atoms with Crippen molar-refractivity contribution < 1.29 is 56.4 Å². The third-order valence-corrected chi connectivity index (χ3v) is 10.4. The van der Waals surface area contributed by atoms with Crippen LogP contribution in [0.2, 0.25) is 0 Å². The monoisotopic (exact) mass is 772 g/mol. The van der Waals surface area contributed by atoms with Crippen LogP contribution in [0.15, 0.2) is 42.5 Å². The zero-order valence-corrected chi connectivity index (χ0v) is 31.5. The van der Waals surface area contributed by atoms with Gasteiger partial charge in [0, 0.05) is 29.7 Å². The summed E-state index contributed by atoms with van der Waals surface area (Å²) in [5.74, 6) is -3.21. The summed E-state index contributed by atoms with van der Waals surface area (Å²) < 4.78 is 66.6. The maximum atomic E-state index is 14.7. The standard InChI is InChI=1S/C39H47F3N4O9/c1-6-53-34(50)38-17-16-22(38)12-10-8-7-9-11-13-26(44-35(51)55-36(2,3)4)33(49)46-21-37(19-27(46)32(48)45-38)20-28(47)29-24-18-23(52-5)14-15-25(24)43-31(30(29)54-37)39(40,41)42/h10,12,14-18,22,26-28,47H,6-9,11,13,19-21H2,1-5H3,(H,44,51)(H,45,48). The SMILES string of the molecule is CCOC(=O)C12C=CC1C=CCCCCCC(NC(=O)OC(C)(C)C)C(=O)N1CC3(CC(O)c4c(c(C(F)(F)F)nc5ccc(OC)cc45)O3)CC1C(=O)N2. The summed E-state index contributed by atoms with van der Waals surface area (Å²) in [6, 6.07) is 1.65. The highest BCUT2D eigenvalue weighted by Gasteiger charge is 2.58. The Labute approximate surface area is 316 Å². The van der Waals surface area contributed by atoms with Crippen LogP contribution in [-0.2, 0) is 30.0 Å². The predicted octanol–water partition coefficient (Wildman–Crippen LogP) is 5.44. The van der Waals surface area contributed by atoms with Crippen LogP contribution in [0, 0.1) is 5.92 Å². The summed E-state index contributed by atoms with van der Waals surface area (Å²) in [7, 11) is 1.39. The molecule has 298 valence electrons. The maximum Gasteiger partial charge on any atom is 0.437 e. The first-order chi connectivity index (χ1) is 25.9. The Kier molecular flexibility index (Phi) is 10.9. The summed E-state index contributed by atoms with van der Waals surface area (Å²) in [5, 5.41) is 17.4. The Morgan fingerprint density at radius 2 is 1.89 bits per heavy atom. The summed E-state index contributed by atoms with van der Waals surface area (Å²) in [6.45, 7) is 6.21. The van der Waals surface area contributed by atoms with Gasteiger partial charge in [-0.3, -0.25) is 9.59 Å². The average Bonchev–Trinajstić information content (AvgIpc) is 3.45. The molecule has 6 atom stereocenters. The molecule has 6 unspecified atom stereocenters. The molecule has 1 fully saturated rings. The highest BCUT2D eigenvalue weighted by Crippen LogP contribution is 2.52. The molecule has 3 aliphatic heterocycles. The number of carbonyl (C=O) groups is 4. The first kappa shape index (κ1) is 39.8. The lowest BCUT2D eigenvalue weighted by molar-refractivity contribution is -0.154. The Morgan fingerprint density at radius 3 is 2.55 bits per heavy atom. The van der Waals surface area contributed by atoms with Gasteiger partial charge in [-0.2, -0.15) is 13.2 Å². The van der Waals surface area contributed by atoms with Gasteiger partial charge in [0.25, 0.3) is 0 Å². The second kappa shape index (κ2) is 15.0. The van der Waals surface area contributed by atoms with Gasteiger partial charge in [-0.1, -0.05) is 37.1 Å². The zero-order chi connectivity index (χ0) is 39.9. The zero-order valence-electron chi connectivity index (χ0n) is 31.5. The highest BCUT2D eigenvalue weighted by molar-refractivity contribution is 5.97. The van der Waals surface area contributed by atoms with Crippen molar-refractivity contribution in [2.75, 3.05) is 20.3 Å². The molecular formula is C39H47F3N4O9. The van der Waals surface area contributed by atoms with Crippen molar-refractivity contribution >= 4 is 34.8 Å². The number of halogens is 3. The number of aromatic nitrogens is 1. The molecule has 0 bridgehead atoms. The summed E-state index contributed by atoms with van der Waals surface area (Å²) >= 11 is 0. The smallest absolute Gasteiger partial charge is 0.437 e. The van der Waals surface area contributed by atoms with Crippen LogP contribution in [0.5, 0.6) is 11.5 Å². The lowest BCUT2D eigenvalue weighted by Gasteiger charge is -2.41. The van der Waals surface area contributed by atoms with Gasteiger partial charge in [0.1, 0.15) is 29.0 Å². The topological polar surface area (TPSA) is 166 Å². The van der Waals surface area contributed by atoms with E-state index in [2.05, 4.69) is 15.6 Å². The molecule has 4 heterocycles. The summed E-state index contributed by atoms with van der Waals surface area (Å²) in [6.07, 6.45) is 1.61. The average molecular weight is 773 g/mol. The number of alkyl carbamates (subject to hydrolysis) is 1. The fourth-order valence-electron chi connectivity index (χ4n) is 7.82. The molecular weight excluding hydrogens is 725 g/mol. The number of nitrogens with zero attached hydrogens (tertiary/aromatic N) is 2. The van der Waals surface area contributed by atoms with E-state index in [4.69, 9.17) is 18.9 Å². The number of pyridine rings is 1. The van der Waals surface area contributed by atoms with E-state index in [1.807, 2.05) is 12.2 Å². The number of fused-ring (bicyclic) bond motifs is 5. The van der Waals surface area contributed by atoms with Gasteiger partial charge >= 0.3 is 18.2 Å². The largest absolute Gasteiger partial charge is 0.497 e. The van der Waals surface area contributed by atoms with Gasteiger partial charge < -0.3 is 39.6 Å². The number of aliphatic hydroxyl groups excluding tert-OH is 1. The van der Waals surface area contributed by atoms with Gasteiger partial charge in [-0.25, -0.2) is 14.6 Å². The molecule has 3 N–H and O–H groups in total. The number of benzene rings is 1. The van der Waals surface area contributed by atoms with Crippen molar-refractivity contribution in [1.29, 1.82) is 0 Å². The van der Waals surface area contributed by atoms with Crippen LogP contribution in [0.3, 0.4) is 0 Å². The number of carbonyl (C=O) groups excluding carboxylic acids is 4. The summed E-state index contributed by atoms with van der Waals surface area (Å²) in [5.41, 5.74) is -5.82. The Bertz CT molecular complexity index is 1910. The Morgan fingerprint density at radius 1 is 1.13 bits per heavy atom. The summed E-state index contributed by atoms with van der Waals surface area (Å²) in [4.78, 5) is 60.7. The third kappa shape index (κ3) is 7.96. The number of ether oxygens (including phenoxy) is 4. The van der Waals surface area contributed by atoms with Gasteiger partial charge in [0.2, 0.25) is 11.8 Å². The van der Waals surface area contributed by atoms with E-state index >= 15 is 0 Å². The van der Waals surface area contributed by atoms with Gasteiger partial charge in [-0.05, 0) is 65.2 Å². The molecule has 3 amide bonds. The number of amides is 3. The van der Waals surface area contributed by atoms with E-state index in [0.29, 0.717) is 25.0 Å². The van der Waals surface area contributed by atoms with Gasteiger partial charge in [0.15, 0.2) is 17.0 Å². The number of hydrogen-bond donors (Lipinski definition) is 3. The van der Waals surface area contributed by atoms with Crippen molar-refractivity contribution in [2.45, 2.75) is 114 Å². The number of alkyl halides is 3. The molecule has 1 spiro atoms. The second-order valence-electron chi connectivity index (χ2n) is 15.5. The second-order valence-corrected chi connectivity index (χ2v) is 15.5. The van der Waals surface area contributed by atoms with E-state index < -0.39 is 88.9 Å². The van der Waals surface area contributed by atoms with E-state index in [-0.39, 0.29) is 42.3 Å². The van der Waals surface area contributed by atoms with Crippen LogP contribution in [0.1, 0.15) is 90.0 Å². The van der Waals surface area contributed by atoms with E-state index in [1.54, 1.807) is 33.8 Å². The molecule has 6 rings (SSSR count). The number of hydrogen-bond acceptors (Lipinski definition) is 10. The number of aliphatic hydroxyl groups is 1. The molecule has 55 heavy (non-hydrogen) atoms. The number of allylic oxidation sites excluding steroid dienone is 1. The molecule has 1 saturated heterocycles. The highest BCUT2D eigenvalue weighted by atomic mass is 19.4. The lowest BCUT2D eigenvalue weighted by atomic mass is 9.73. The van der Waals surface area contributed by atoms with Crippen molar-refractivity contribution in [3.05, 3.63) is 53.8 Å². The van der Waals surface area contributed by atoms with Crippen molar-refractivity contribution in [3.8, 4) is 11.5 Å². The van der Waals surface area contributed by atoms with E-state index in [1.165, 1.54) is 31.4 Å². The van der Waals surface area contributed by atoms with E-state index in [9.17, 15) is 37.5 Å². The molecule has 13 nitrogen and oxygen atoms in total. The fraction of sp³-hybridized carbons (Fsp3) is 0.564. The first-order valence-electron chi connectivity index (χ1n) is 18.5. The Balaban J connectivity index is 1.44. The minimum atomic E-state index is -5.01. The van der Waals surface area contributed by atoms with Crippen molar-refractivity contribution in [3.63, 3.8) is 0 Å².